The van der Waals surface area contributed by atoms with Crippen LogP contribution in [0, 0.1) is 0 Å². The Kier molecular flexibility index (Phi) is 4.40. The minimum absolute atomic E-state index is 0.214. The second kappa shape index (κ2) is 6.47. The molecule has 23 heavy (non-hydrogen) atoms. The molecule has 0 bridgehead atoms. The highest BCUT2D eigenvalue weighted by molar-refractivity contribution is 7.89. The normalized spacial score (nSPS) is 18.2. The number of sulfonamides is 1. The summed E-state index contributed by atoms with van der Waals surface area (Å²) in [6, 6.07) is 11.2. The zero-order chi connectivity index (χ0) is 16.3. The topological polar surface area (TPSA) is 79.4 Å². The number of carbonyl (C=O) groups is 1. The molecule has 1 saturated heterocycles. The molecule has 1 aliphatic heterocycles. The lowest BCUT2D eigenvalue weighted by atomic mass is 10.1. The van der Waals surface area contributed by atoms with Crippen molar-refractivity contribution in [2.24, 2.45) is 0 Å². The molecule has 0 spiro atoms. The van der Waals surface area contributed by atoms with Gasteiger partial charge in [0.05, 0.1) is 4.90 Å². The number of hydrogen-bond donors (Lipinski definition) is 1. The molecule has 0 aliphatic carbocycles. The van der Waals surface area contributed by atoms with Gasteiger partial charge in [0, 0.05) is 25.5 Å². The number of carbonyl (C=O) groups excluding carboxylic acids is 1. The van der Waals surface area contributed by atoms with Gasteiger partial charge in [-0.3, -0.25) is 9.78 Å². The minimum atomic E-state index is -3.62. The summed E-state index contributed by atoms with van der Waals surface area (Å²) in [7, 11) is -3.62. The number of nitrogens with zero attached hydrogens (tertiary/aromatic N) is 2. The molecule has 1 amide bonds. The summed E-state index contributed by atoms with van der Waals surface area (Å²) in [5.41, 5.74) is 0.921. The highest BCUT2D eigenvalue weighted by atomic mass is 32.2. The number of amides is 1. The number of rotatable bonds is 5. The third-order valence-corrected chi connectivity index (χ3v) is 5.76. The van der Waals surface area contributed by atoms with Crippen molar-refractivity contribution in [1.82, 2.24) is 14.6 Å². The Morgan fingerprint density at radius 2 is 1.87 bits per heavy atom. The summed E-state index contributed by atoms with van der Waals surface area (Å²) in [5, 5.41) is 2.78. The van der Waals surface area contributed by atoms with Crippen molar-refractivity contribution < 1.29 is 13.2 Å². The van der Waals surface area contributed by atoms with Gasteiger partial charge in [-0.05, 0) is 36.2 Å². The van der Waals surface area contributed by atoms with Gasteiger partial charge in [0.1, 0.15) is 6.04 Å². The molecular weight excluding hydrogens is 314 g/mol. The lowest BCUT2D eigenvalue weighted by Crippen LogP contribution is -2.57. The Balaban J connectivity index is 1.66. The number of pyridine rings is 1. The van der Waals surface area contributed by atoms with E-state index in [1.54, 1.807) is 54.9 Å². The van der Waals surface area contributed by atoms with Crippen molar-refractivity contribution in [3.05, 3.63) is 60.4 Å². The van der Waals surface area contributed by atoms with E-state index in [0.717, 1.165) is 5.56 Å². The number of aromatic nitrogens is 1. The summed E-state index contributed by atoms with van der Waals surface area (Å²) in [4.78, 5) is 16.4. The highest BCUT2D eigenvalue weighted by Crippen LogP contribution is 2.26. The molecule has 1 aromatic heterocycles. The van der Waals surface area contributed by atoms with E-state index >= 15 is 0 Å². The van der Waals surface area contributed by atoms with Crippen LogP contribution < -0.4 is 5.32 Å². The lowest BCUT2D eigenvalue weighted by Gasteiger charge is -2.38. The van der Waals surface area contributed by atoms with Crippen molar-refractivity contribution in [3.8, 4) is 0 Å². The molecule has 1 aromatic carbocycles. The first-order valence-corrected chi connectivity index (χ1v) is 8.76. The third-order valence-electron chi connectivity index (χ3n) is 3.84. The van der Waals surface area contributed by atoms with Crippen molar-refractivity contribution >= 4 is 15.9 Å². The summed E-state index contributed by atoms with van der Waals surface area (Å²) in [6.45, 7) is 0.724. The first-order valence-electron chi connectivity index (χ1n) is 7.32. The average molecular weight is 331 g/mol. The Hall–Kier alpha value is -2.25. The maximum absolute atomic E-state index is 12.5. The molecule has 2 aromatic rings. The van der Waals surface area contributed by atoms with Crippen LogP contribution in [0.5, 0.6) is 0 Å². The first kappa shape index (κ1) is 15.6. The van der Waals surface area contributed by atoms with Gasteiger partial charge in [-0.2, -0.15) is 4.31 Å². The smallest absolute Gasteiger partial charge is 0.243 e. The van der Waals surface area contributed by atoms with Crippen LogP contribution in [-0.2, 0) is 21.4 Å². The van der Waals surface area contributed by atoms with Gasteiger partial charge in [0.2, 0.25) is 15.9 Å². The number of hydrogen-bond acceptors (Lipinski definition) is 4. The number of benzene rings is 1. The maximum Gasteiger partial charge on any atom is 0.243 e. The van der Waals surface area contributed by atoms with E-state index in [1.807, 2.05) is 0 Å². The Labute approximate surface area is 135 Å². The van der Waals surface area contributed by atoms with Gasteiger partial charge in [-0.15, -0.1) is 0 Å². The molecule has 2 heterocycles. The van der Waals surface area contributed by atoms with E-state index in [9.17, 15) is 13.2 Å². The molecule has 6 nitrogen and oxygen atoms in total. The van der Waals surface area contributed by atoms with Gasteiger partial charge >= 0.3 is 0 Å². The highest BCUT2D eigenvalue weighted by Gasteiger charge is 2.42. The van der Waals surface area contributed by atoms with Crippen LogP contribution in [0.1, 0.15) is 12.0 Å². The fraction of sp³-hybridized carbons (Fsp3) is 0.250. The predicted molar refractivity (Wildman–Crippen MR) is 84.8 cm³/mol. The van der Waals surface area contributed by atoms with Crippen LogP contribution in [0.3, 0.4) is 0 Å². The van der Waals surface area contributed by atoms with E-state index in [4.69, 9.17) is 0 Å². The second-order valence-corrected chi connectivity index (χ2v) is 7.20. The van der Waals surface area contributed by atoms with E-state index in [1.165, 1.54) is 4.31 Å². The Bertz CT molecular complexity index is 779. The molecular formula is C16H17N3O3S. The molecule has 120 valence electrons. The van der Waals surface area contributed by atoms with E-state index < -0.39 is 16.1 Å². The molecule has 1 N–H and O–H groups in total. The van der Waals surface area contributed by atoms with Crippen molar-refractivity contribution in [2.45, 2.75) is 23.9 Å². The lowest BCUT2D eigenvalue weighted by molar-refractivity contribution is -0.127. The van der Waals surface area contributed by atoms with Crippen molar-refractivity contribution in [1.29, 1.82) is 0 Å². The fourth-order valence-electron chi connectivity index (χ4n) is 2.45. The fourth-order valence-corrected chi connectivity index (χ4v) is 4.10. The molecule has 1 fully saturated rings. The van der Waals surface area contributed by atoms with E-state index in [0.29, 0.717) is 19.5 Å². The van der Waals surface area contributed by atoms with Gasteiger partial charge in [0.25, 0.3) is 0 Å². The quantitative estimate of drug-likeness (QED) is 0.892. The third kappa shape index (κ3) is 3.25. The van der Waals surface area contributed by atoms with E-state index in [2.05, 4.69) is 10.3 Å². The minimum Gasteiger partial charge on any atom is -0.351 e. The van der Waals surface area contributed by atoms with Crippen molar-refractivity contribution in [2.75, 3.05) is 6.54 Å². The van der Waals surface area contributed by atoms with Gasteiger partial charge in [-0.25, -0.2) is 8.42 Å². The summed E-state index contributed by atoms with van der Waals surface area (Å²) < 4.78 is 26.3. The summed E-state index contributed by atoms with van der Waals surface area (Å²) >= 11 is 0. The zero-order valence-electron chi connectivity index (χ0n) is 12.4. The standard InChI is InChI=1S/C16H17N3O3S/c20-16(18-12-13-6-9-17-10-7-13)15-8-11-19(15)23(21,22)14-4-2-1-3-5-14/h1-7,9-10,15H,8,11-12H2,(H,18,20)/t15-/m1/s1. The van der Waals surface area contributed by atoms with Crippen LogP contribution in [0.4, 0.5) is 0 Å². The Morgan fingerprint density at radius 3 is 2.48 bits per heavy atom. The molecule has 1 atom stereocenters. The molecule has 7 heteroatoms. The molecule has 0 unspecified atom stereocenters. The zero-order valence-corrected chi connectivity index (χ0v) is 13.2. The maximum atomic E-state index is 12.5. The molecule has 1 aliphatic rings. The SMILES string of the molecule is O=C(NCc1ccncc1)[C@H]1CCN1S(=O)(=O)c1ccccc1. The van der Waals surface area contributed by atoms with Crippen LogP contribution in [0.15, 0.2) is 59.8 Å². The van der Waals surface area contributed by atoms with Gasteiger partial charge < -0.3 is 5.32 Å². The van der Waals surface area contributed by atoms with Gasteiger partial charge in [-0.1, -0.05) is 18.2 Å². The average Bonchev–Trinajstić information content (AvgIpc) is 2.53. The monoisotopic (exact) mass is 331 g/mol. The largest absolute Gasteiger partial charge is 0.351 e. The summed E-state index contributed by atoms with van der Waals surface area (Å²) in [5.74, 6) is -0.271. The number of nitrogens with one attached hydrogen (secondary N) is 1. The van der Waals surface area contributed by atoms with Crippen LogP contribution >= 0.6 is 0 Å². The summed E-state index contributed by atoms with van der Waals surface area (Å²) in [6.07, 6.45) is 3.84. The van der Waals surface area contributed by atoms with Crippen molar-refractivity contribution in [3.63, 3.8) is 0 Å². The molecule has 0 saturated carbocycles. The van der Waals surface area contributed by atoms with Crippen LogP contribution in [0.25, 0.3) is 0 Å². The molecule has 0 radical (unpaired) electrons. The first-order chi connectivity index (χ1) is 11.1. The Morgan fingerprint density at radius 1 is 1.17 bits per heavy atom. The van der Waals surface area contributed by atoms with E-state index in [-0.39, 0.29) is 10.8 Å². The van der Waals surface area contributed by atoms with Crippen LogP contribution in [-0.4, -0.2) is 36.2 Å². The second-order valence-electron chi connectivity index (χ2n) is 5.31. The van der Waals surface area contributed by atoms with Crippen LogP contribution in [0.2, 0.25) is 0 Å². The predicted octanol–water partition coefficient (Wildman–Crippen LogP) is 1.16. The van der Waals surface area contributed by atoms with Gasteiger partial charge in [0.15, 0.2) is 0 Å². The molecule has 3 rings (SSSR count).